The lowest BCUT2D eigenvalue weighted by molar-refractivity contribution is 0.349. The quantitative estimate of drug-likeness (QED) is 0.452. The van der Waals surface area contributed by atoms with Crippen LogP contribution in [-0.2, 0) is 0 Å². The standard InChI is InChI=1S/C14H31N5.ClH/c1-4-7-10-18(11-8-5-2)14(17)19(13(15)16)12-9-6-3;/h17H,4-12H2,1-3H3,(H3,15,16);1H. The second kappa shape index (κ2) is 13.0. The van der Waals surface area contributed by atoms with Crippen molar-refractivity contribution < 1.29 is 0 Å². The van der Waals surface area contributed by atoms with Crippen LogP contribution in [0.4, 0.5) is 0 Å². The summed E-state index contributed by atoms with van der Waals surface area (Å²) in [6, 6.07) is 0. The van der Waals surface area contributed by atoms with Gasteiger partial charge in [-0.15, -0.1) is 12.4 Å². The lowest BCUT2D eigenvalue weighted by atomic mass is 10.2. The first-order chi connectivity index (χ1) is 9.08. The minimum Gasteiger partial charge on any atom is -0.370 e. The van der Waals surface area contributed by atoms with Crippen molar-refractivity contribution in [2.24, 2.45) is 5.73 Å². The van der Waals surface area contributed by atoms with Gasteiger partial charge in [0.25, 0.3) is 0 Å². The molecule has 0 bridgehead atoms. The molecule has 0 saturated heterocycles. The number of nitrogens with two attached hydrogens (primary N) is 1. The van der Waals surface area contributed by atoms with Crippen LogP contribution < -0.4 is 5.73 Å². The molecule has 0 unspecified atom stereocenters. The zero-order valence-electron chi connectivity index (χ0n) is 13.2. The third kappa shape index (κ3) is 8.25. The van der Waals surface area contributed by atoms with Crippen LogP contribution in [-0.4, -0.2) is 41.4 Å². The topological polar surface area (TPSA) is 80.2 Å². The van der Waals surface area contributed by atoms with Crippen LogP contribution in [0.1, 0.15) is 59.3 Å². The molecule has 0 radical (unpaired) electrons. The van der Waals surface area contributed by atoms with Gasteiger partial charge in [-0.1, -0.05) is 40.0 Å². The Morgan fingerprint density at radius 3 is 1.60 bits per heavy atom. The van der Waals surface area contributed by atoms with Gasteiger partial charge in [0.2, 0.25) is 5.96 Å². The lowest BCUT2D eigenvalue weighted by Gasteiger charge is -2.32. The lowest BCUT2D eigenvalue weighted by Crippen LogP contribution is -2.50. The highest BCUT2D eigenvalue weighted by molar-refractivity contribution is 5.95. The molecule has 0 aromatic rings. The van der Waals surface area contributed by atoms with Crippen molar-refractivity contribution in [3.05, 3.63) is 0 Å². The minimum absolute atomic E-state index is 0. The molecule has 0 atom stereocenters. The molecule has 0 spiro atoms. The molecule has 6 heteroatoms. The molecule has 0 aromatic carbocycles. The van der Waals surface area contributed by atoms with E-state index in [0.29, 0.717) is 12.5 Å². The maximum atomic E-state index is 8.30. The maximum Gasteiger partial charge on any atom is 0.200 e. The van der Waals surface area contributed by atoms with Crippen molar-refractivity contribution in [3.8, 4) is 0 Å². The predicted octanol–water partition coefficient (Wildman–Crippen LogP) is 3.24. The molecule has 20 heavy (non-hydrogen) atoms. The third-order valence-corrected chi connectivity index (χ3v) is 3.14. The van der Waals surface area contributed by atoms with Crippen molar-refractivity contribution in [1.29, 1.82) is 10.8 Å². The smallest absolute Gasteiger partial charge is 0.200 e. The van der Waals surface area contributed by atoms with Gasteiger partial charge in [-0.2, -0.15) is 0 Å². The molecule has 0 aromatic heterocycles. The summed E-state index contributed by atoms with van der Waals surface area (Å²) in [5.41, 5.74) is 5.62. The average Bonchev–Trinajstić information content (AvgIpc) is 2.38. The summed E-state index contributed by atoms with van der Waals surface area (Å²) in [7, 11) is 0. The van der Waals surface area contributed by atoms with Crippen molar-refractivity contribution >= 4 is 24.3 Å². The first-order valence-electron chi connectivity index (χ1n) is 7.53. The number of rotatable bonds is 9. The number of hydrogen-bond donors (Lipinski definition) is 3. The molecule has 120 valence electrons. The summed E-state index contributed by atoms with van der Waals surface area (Å²) in [5.74, 6) is 0.374. The number of hydrogen-bond acceptors (Lipinski definition) is 2. The Morgan fingerprint density at radius 2 is 1.25 bits per heavy atom. The molecule has 0 aliphatic heterocycles. The van der Waals surface area contributed by atoms with Gasteiger partial charge in [-0.25, -0.2) is 0 Å². The Morgan fingerprint density at radius 1 is 0.850 bits per heavy atom. The molecular formula is C14H32ClN5. The van der Waals surface area contributed by atoms with Gasteiger partial charge in [0.1, 0.15) is 0 Å². The normalized spacial score (nSPS) is 9.75. The van der Waals surface area contributed by atoms with Crippen LogP contribution in [0, 0.1) is 10.8 Å². The Hall–Kier alpha value is -0.970. The summed E-state index contributed by atoms with van der Waals surface area (Å²) in [4.78, 5) is 3.68. The van der Waals surface area contributed by atoms with Crippen molar-refractivity contribution in [2.45, 2.75) is 59.3 Å². The summed E-state index contributed by atoms with van der Waals surface area (Å²) < 4.78 is 0. The van der Waals surface area contributed by atoms with E-state index in [9.17, 15) is 0 Å². The molecule has 0 aliphatic carbocycles. The van der Waals surface area contributed by atoms with Gasteiger partial charge in [0.15, 0.2) is 5.96 Å². The van der Waals surface area contributed by atoms with E-state index in [1.165, 1.54) is 0 Å². The van der Waals surface area contributed by atoms with Gasteiger partial charge in [0, 0.05) is 19.6 Å². The van der Waals surface area contributed by atoms with E-state index in [4.69, 9.17) is 16.6 Å². The first-order valence-corrected chi connectivity index (χ1v) is 7.53. The second-order valence-electron chi connectivity index (χ2n) is 4.91. The van der Waals surface area contributed by atoms with E-state index in [-0.39, 0.29) is 18.4 Å². The van der Waals surface area contributed by atoms with E-state index in [0.717, 1.165) is 51.6 Å². The Kier molecular flexibility index (Phi) is 13.9. The molecular weight excluding hydrogens is 274 g/mol. The van der Waals surface area contributed by atoms with Crippen LogP contribution in [0.5, 0.6) is 0 Å². The SMILES string of the molecule is CCCCN(CCCC)C(=N)N(CCCC)C(=N)N.Cl. The molecule has 0 rings (SSSR count). The summed E-state index contributed by atoms with van der Waals surface area (Å²) >= 11 is 0. The maximum absolute atomic E-state index is 8.30. The average molecular weight is 306 g/mol. The molecule has 0 aliphatic rings. The highest BCUT2D eigenvalue weighted by Crippen LogP contribution is 2.05. The highest BCUT2D eigenvalue weighted by atomic mass is 35.5. The highest BCUT2D eigenvalue weighted by Gasteiger charge is 2.18. The van der Waals surface area contributed by atoms with Gasteiger partial charge >= 0.3 is 0 Å². The number of halogens is 1. The van der Waals surface area contributed by atoms with E-state index in [1.54, 1.807) is 4.90 Å². The van der Waals surface area contributed by atoms with Crippen molar-refractivity contribution in [3.63, 3.8) is 0 Å². The fourth-order valence-electron chi connectivity index (χ4n) is 1.85. The van der Waals surface area contributed by atoms with Crippen LogP contribution in [0.2, 0.25) is 0 Å². The molecule has 4 N–H and O–H groups in total. The third-order valence-electron chi connectivity index (χ3n) is 3.14. The number of nitrogens with one attached hydrogen (secondary N) is 2. The molecule has 0 saturated carbocycles. The van der Waals surface area contributed by atoms with E-state index in [2.05, 4.69) is 25.7 Å². The van der Waals surface area contributed by atoms with Gasteiger partial charge in [-0.3, -0.25) is 15.7 Å². The number of nitrogens with zero attached hydrogens (tertiary/aromatic N) is 2. The van der Waals surface area contributed by atoms with Gasteiger partial charge in [-0.05, 0) is 19.3 Å². The second-order valence-corrected chi connectivity index (χ2v) is 4.91. The predicted molar refractivity (Wildman–Crippen MR) is 89.9 cm³/mol. The summed E-state index contributed by atoms with van der Waals surface area (Å²) in [6.45, 7) is 8.84. The molecule has 0 heterocycles. The largest absolute Gasteiger partial charge is 0.370 e. The van der Waals surface area contributed by atoms with Gasteiger partial charge in [0.05, 0.1) is 0 Å². The van der Waals surface area contributed by atoms with Crippen LogP contribution in [0.3, 0.4) is 0 Å². The zero-order valence-corrected chi connectivity index (χ0v) is 14.1. The van der Waals surface area contributed by atoms with E-state index < -0.39 is 0 Å². The number of guanidine groups is 2. The van der Waals surface area contributed by atoms with E-state index in [1.807, 2.05) is 0 Å². The summed E-state index contributed by atoms with van der Waals surface area (Å²) in [5, 5.41) is 15.9. The Labute approximate surface area is 130 Å². The van der Waals surface area contributed by atoms with Crippen molar-refractivity contribution in [2.75, 3.05) is 19.6 Å². The Balaban J connectivity index is 0. The zero-order chi connectivity index (χ0) is 14.7. The summed E-state index contributed by atoms with van der Waals surface area (Å²) in [6.07, 6.45) is 6.38. The van der Waals surface area contributed by atoms with Crippen LogP contribution in [0.15, 0.2) is 0 Å². The van der Waals surface area contributed by atoms with E-state index >= 15 is 0 Å². The fraction of sp³-hybridized carbons (Fsp3) is 0.857. The first kappa shape index (κ1) is 21.3. The fourth-order valence-corrected chi connectivity index (χ4v) is 1.85. The van der Waals surface area contributed by atoms with Crippen LogP contribution in [0.25, 0.3) is 0 Å². The molecule has 5 nitrogen and oxygen atoms in total. The molecule has 0 amide bonds. The monoisotopic (exact) mass is 305 g/mol. The van der Waals surface area contributed by atoms with Crippen molar-refractivity contribution in [1.82, 2.24) is 9.80 Å². The minimum atomic E-state index is -0.0172. The van der Waals surface area contributed by atoms with Crippen LogP contribution >= 0.6 is 12.4 Å². The van der Waals surface area contributed by atoms with Gasteiger partial charge < -0.3 is 10.6 Å². The molecule has 0 fully saturated rings. The number of unbranched alkanes of at least 4 members (excludes halogenated alkanes) is 3. The Bertz CT molecular complexity index is 262.